The fourth-order valence-electron chi connectivity index (χ4n) is 3.03. The Bertz CT molecular complexity index is 536. The Kier molecular flexibility index (Phi) is 4.83. The number of nitrogens with one attached hydrogen (secondary N) is 1. The molecule has 1 aliphatic carbocycles. The number of benzene rings is 1. The van der Waals surface area contributed by atoms with Crippen molar-refractivity contribution in [3.8, 4) is 0 Å². The minimum atomic E-state index is -1.02. The van der Waals surface area contributed by atoms with Crippen LogP contribution in [0.5, 0.6) is 0 Å². The van der Waals surface area contributed by atoms with Crippen molar-refractivity contribution in [3.63, 3.8) is 0 Å². The first-order valence-electron chi connectivity index (χ1n) is 7.45. The molecule has 2 amide bonds. The van der Waals surface area contributed by atoms with Gasteiger partial charge in [0.2, 0.25) is 0 Å². The van der Waals surface area contributed by atoms with E-state index in [1.54, 1.807) is 30.0 Å². The summed E-state index contributed by atoms with van der Waals surface area (Å²) in [5, 5.41) is 12.1. The molecule has 0 radical (unpaired) electrons. The lowest BCUT2D eigenvalue weighted by Crippen LogP contribution is -2.41. The fourth-order valence-corrected chi connectivity index (χ4v) is 3.03. The maximum atomic E-state index is 12.4. The van der Waals surface area contributed by atoms with Crippen molar-refractivity contribution in [2.45, 2.75) is 45.6 Å². The average molecular weight is 290 g/mol. The van der Waals surface area contributed by atoms with E-state index in [4.69, 9.17) is 0 Å². The van der Waals surface area contributed by atoms with Crippen LogP contribution < -0.4 is 5.32 Å². The molecule has 2 N–H and O–H groups in total. The zero-order chi connectivity index (χ0) is 15.4. The third-order valence-corrected chi connectivity index (χ3v) is 4.10. The molecule has 0 atom stereocenters. The molecule has 5 heteroatoms. The van der Waals surface area contributed by atoms with Gasteiger partial charge in [-0.2, -0.15) is 0 Å². The zero-order valence-electron chi connectivity index (χ0n) is 12.6. The van der Waals surface area contributed by atoms with Gasteiger partial charge in [-0.05, 0) is 38.3 Å². The van der Waals surface area contributed by atoms with Gasteiger partial charge in [0.25, 0.3) is 0 Å². The maximum absolute atomic E-state index is 12.4. The lowest BCUT2D eigenvalue weighted by molar-refractivity contribution is 0.0697. The molecule has 5 nitrogen and oxygen atoms in total. The van der Waals surface area contributed by atoms with Crippen molar-refractivity contribution < 1.29 is 14.7 Å². The molecule has 0 aliphatic heterocycles. The number of aromatic carboxylic acids is 1. The van der Waals surface area contributed by atoms with Crippen LogP contribution in [0.1, 0.15) is 48.5 Å². The lowest BCUT2D eigenvalue weighted by atomic mass is 10.1. The van der Waals surface area contributed by atoms with Gasteiger partial charge in [0.1, 0.15) is 0 Å². The van der Waals surface area contributed by atoms with Crippen LogP contribution in [-0.2, 0) is 0 Å². The van der Waals surface area contributed by atoms with Gasteiger partial charge in [-0.25, -0.2) is 9.59 Å². The van der Waals surface area contributed by atoms with Crippen molar-refractivity contribution >= 4 is 17.7 Å². The van der Waals surface area contributed by atoms with Crippen molar-refractivity contribution in [1.82, 2.24) is 4.90 Å². The number of rotatable bonds is 4. The highest BCUT2D eigenvalue weighted by molar-refractivity contribution is 6.01. The van der Waals surface area contributed by atoms with Crippen molar-refractivity contribution in [1.29, 1.82) is 0 Å². The predicted molar refractivity (Wildman–Crippen MR) is 81.8 cm³/mol. The van der Waals surface area contributed by atoms with E-state index in [9.17, 15) is 14.7 Å². The molecule has 114 valence electrons. The van der Waals surface area contributed by atoms with Crippen LogP contribution in [0.15, 0.2) is 18.2 Å². The maximum Gasteiger partial charge on any atom is 0.338 e. The minimum absolute atomic E-state index is 0.160. The molecule has 0 unspecified atom stereocenters. The minimum Gasteiger partial charge on any atom is -0.478 e. The van der Waals surface area contributed by atoms with Gasteiger partial charge in [-0.15, -0.1) is 0 Å². The molecule has 0 bridgehead atoms. The van der Waals surface area contributed by atoms with E-state index in [-0.39, 0.29) is 17.6 Å². The van der Waals surface area contributed by atoms with E-state index >= 15 is 0 Å². The Morgan fingerprint density at radius 2 is 2.00 bits per heavy atom. The standard InChI is InChI=1S/C16H22N2O3/c1-3-18(12-8-4-5-9-12)16(21)17-13-10-6-7-11(2)14(13)15(19)20/h6-7,10,12H,3-5,8-9H2,1-2H3,(H,17,21)(H,19,20). The number of amides is 2. The van der Waals surface area contributed by atoms with Crippen LogP contribution in [0, 0.1) is 6.92 Å². The second-order valence-electron chi connectivity index (χ2n) is 5.46. The SMILES string of the molecule is CCN(C(=O)Nc1cccc(C)c1C(=O)O)C1CCCC1. The number of hydrogen-bond donors (Lipinski definition) is 2. The van der Waals surface area contributed by atoms with E-state index in [0.717, 1.165) is 25.7 Å². The number of carboxylic acid groups (broad SMARTS) is 1. The average Bonchev–Trinajstić information content (AvgIpc) is 2.93. The van der Waals surface area contributed by atoms with Crippen LogP contribution in [0.2, 0.25) is 0 Å². The Hall–Kier alpha value is -2.04. The fraction of sp³-hybridized carbons (Fsp3) is 0.500. The molecular formula is C16H22N2O3. The molecular weight excluding hydrogens is 268 g/mol. The smallest absolute Gasteiger partial charge is 0.338 e. The highest BCUT2D eigenvalue weighted by atomic mass is 16.4. The van der Waals surface area contributed by atoms with Gasteiger partial charge >= 0.3 is 12.0 Å². The number of aryl methyl sites for hydroxylation is 1. The van der Waals surface area contributed by atoms with Crippen molar-refractivity contribution in [2.24, 2.45) is 0 Å². The second kappa shape index (κ2) is 6.61. The van der Waals surface area contributed by atoms with E-state index in [1.165, 1.54) is 0 Å². The first kappa shape index (κ1) is 15.4. The Morgan fingerprint density at radius 1 is 1.33 bits per heavy atom. The number of hydrogen-bond acceptors (Lipinski definition) is 2. The number of carbonyl (C=O) groups excluding carboxylic acids is 1. The predicted octanol–water partition coefficient (Wildman–Crippen LogP) is 3.49. The summed E-state index contributed by atoms with van der Waals surface area (Å²) in [6, 6.07) is 5.18. The molecule has 1 aromatic rings. The summed E-state index contributed by atoms with van der Waals surface area (Å²) in [6.45, 7) is 4.31. The Balaban J connectivity index is 2.18. The topological polar surface area (TPSA) is 69.6 Å². The van der Waals surface area contributed by atoms with Crippen molar-refractivity contribution in [3.05, 3.63) is 29.3 Å². The number of anilines is 1. The molecule has 1 saturated carbocycles. The first-order valence-corrected chi connectivity index (χ1v) is 7.45. The zero-order valence-corrected chi connectivity index (χ0v) is 12.6. The number of nitrogens with zero attached hydrogens (tertiary/aromatic N) is 1. The van der Waals surface area contributed by atoms with Gasteiger partial charge in [0.15, 0.2) is 0 Å². The molecule has 0 saturated heterocycles. The van der Waals surface area contributed by atoms with E-state index in [2.05, 4.69) is 5.32 Å². The summed E-state index contributed by atoms with van der Waals surface area (Å²) >= 11 is 0. The third kappa shape index (κ3) is 3.35. The molecule has 1 aliphatic rings. The number of carbonyl (C=O) groups is 2. The number of carboxylic acids is 1. The normalized spacial score (nSPS) is 15.0. The quantitative estimate of drug-likeness (QED) is 0.891. The third-order valence-electron chi connectivity index (χ3n) is 4.10. The molecule has 1 aromatic carbocycles. The van der Waals surface area contributed by atoms with E-state index < -0.39 is 5.97 Å². The van der Waals surface area contributed by atoms with Crippen LogP contribution in [0.4, 0.5) is 10.5 Å². The monoisotopic (exact) mass is 290 g/mol. The molecule has 0 heterocycles. The van der Waals surface area contributed by atoms with Gasteiger partial charge in [0.05, 0.1) is 11.3 Å². The summed E-state index contributed by atoms with van der Waals surface area (Å²) < 4.78 is 0. The molecule has 21 heavy (non-hydrogen) atoms. The summed E-state index contributed by atoms with van der Waals surface area (Å²) in [5.41, 5.74) is 1.17. The molecule has 2 rings (SSSR count). The highest BCUT2D eigenvalue weighted by Gasteiger charge is 2.26. The molecule has 0 aromatic heterocycles. The van der Waals surface area contributed by atoms with Crippen LogP contribution >= 0.6 is 0 Å². The summed E-state index contributed by atoms with van der Waals surface area (Å²) in [6.07, 6.45) is 4.36. The van der Waals surface area contributed by atoms with Gasteiger partial charge < -0.3 is 15.3 Å². The van der Waals surface area contributed by atoms with Gasteiger partial charge in [-0.1, -0.05) is 25.0 Å². The highest BCUT2D eigenvalue weighted by Crippen LogP contribution is 2.25. The summed E-state index contributed by atoms with van der Waals surface area (Å²) in [7, 11) is 0. The van der Waals surface area contributed by atoms with Crippen LogP contribution in [-0.4, -0.2) is 34.6 Å². The Morgan fingerprint density at radius 3 is 2.57 bits per heavy atom. The molecule has 0 spiro atoms. The number of urea groups is 1. The van der Waals surface area contributed by atoms with Gasteiger partial charge in [0, 0.05) is 12.6 Å². The van der Waals surface area contributed by atoms with Crippen LogP contribution in [0.3, 0.4) is 0 Å². The van der Waals surface area contributed by atoms with Gasteiger partial charge in [-0.3, -0.25) is 0 Å². The largest absolute Gasteiger partial charge is 0.478 e. The summed E-state index contributed by atoms with van der Waals surface area (Å²) in [4.78, 5) is 25.6. The first-order chi connectivity index (χ1) is 10.0. The van der Waals surface area contributed by atoms with E-state index in [1.807, 2.05) is 6.92 Å². The second-order valence-corrected chi connectivity index (χ2v) is 5.46. The Labute approximate surface area is 125 Å². The lowest BCUT2D eigenvalue weighted by Gasteiger charge is -2.28. The molecule has 1 fully saturated rings. The van der Waals surface area contributed by atoms with Crippen molar-refractivity contribution in [2.75, 3.05) is 11.9 Å². The van der Waals surface area contributed by atoms with E-state index in [0.29, 0.717) is 17.8 Å². The van der Waals surface area contributed by atoms with Crippen LogP contribution in [0.25, 0.3) is 0 Å². The summed E-state index contributed by atoms with van der Waals surface area (Å²) in [5.74, 6) is -1.02.